The van der Waals surface area contributed by atoms with Gasteiger partial charge in [0.2, 0.25) is 0 Å². The number of hydrogen-bond donors (Lipinski definition) is 2. The lowest BCUT2D eigenvalue weighted by atomic mass is 9.81. The summed E-state index contributed by atoms with van der Waals surface area (Å²) in [6.07, 6.45) is 7.97. The Kier molecular flexibility index (Phi) is 6.09. The standard InChI is InChI=1S/C16H31N3S/c1-4-8-19-14-6-5-7-15(19)10-13(9-14)18-16(20)17-11-12(2)3/h12-15H,4-11H2,1-3H3,(H2,17,18,20)/t14-,15-/m0/s1. The van der Waals surface area contributed by atoms with Crippen molar-refractivity contribution in [1.82, 2.24) is 15.5 Å². The van der Waals surface area contributed by atoms with Crippen molar-refractivity contribution in [3.05, 3.63) is 0 Å². The van der Waals surface area contributed by atoms with Crippen molar-refractivity contribution < 1.29 is 0 Å². The van der Waals surface area contributed by atoms with Gasteiger partial charge in [-0.3, -0.25) is 4.90 Å². The molecular formula is C16H31N3S. The maximum atomic E-state index is 5.43. The Morgan fingerprint density at radius 2 is 1.90 bits per heavy atom. The molecule has 2 aliphatic heterocycles. The van der Waals surface area contributed by atoms with Gasteiger partial charge in [-0.1, -0.05) is 27.2 Å². The quantitative estimate of drug-likeness (QED) is 0.763. The highest BCUT2D eigenvalue weighted by molar-refractivity contribution is 7.80. The topological polar surface area (TPSA) is 27.3 Å². The van der Waals surface area contributed by atoms with Gasteiger partial charge in [0.15, 0.2) is 5.11 Å². The molecule has 0 radical (unpaired) electrons. The van der Waals surface area contributed by atoms with E-state index in [1.165, 1.54) is 45.1 Å². The summed E-state index contributed by atoms with van der Waals surface area (Å²) in [5.41, 5.74) is 0. The highest BCUT2D eigenvalue weighted by atomic mass is 32.1. The van der Waals surface area contributed by atoms with Crippen LogP contribution in [0.3, 0.4) is 0 Å². The molecule has 2 heterocycles. The van der Waals surface area contributed by atoms with E-state index in [9.17, 15) is 0 Å². The van der Waals surface area contributed by atoms with Gasteiger partial charge in [-0.2, -0.15) is 0 Å². The molecule has 2 atom stereocenters. The van der Waals surface area contributed by atoms with Crippen molar-refractivity contribution >= 4 is 17.3 Å². The largest absolute Gasteiger partial charge is 0.362 e. The van der Waals surface area contributed by atoms with E-state index in [4.69, 9.17) is 12.2 Å². The predicted octanol–water partition coefficient (Wildman–Crippen LogP) is 2.90. The molecule has 0 aromatic rings. The van der Waals surface area contributed by atoms with E-state index in [2.05, 4.69) is 36.3 Å². The average molecular weight is 298 g/mol. The Labute approximate surface area is 129 Å². The van der Waals surface area contributed by atoms with Gasteiger partial charge in [-0.15, -0.1) is 0 Å². The van der Waals surface area contributed by atoms with Gasteiger partial charge >= 0.3 is 0 Å². The first-order valence-electron chi connectivity index (χ1n) is 8.40. The maximum absolute atomic E-state index is 5.43. The number of hydrogen-bond acceptors (Lipinski definition) is 2. The van der Waals surface area contributed by atoms with Gasteiger partial charge in [0.25, 0.3) is 0 Å². The second-order valence-electron chi connectivity index (χ2n) is 6.89. The number of fused-ring (bicyclic) bond motifs is 2. The first-order chi connectivity index (χ1) is 9.60. The molecule has 0 spiro atoms. The first-order valence-corrected chi connectivity index (χ1v) is 8.81. The molecule has 116 valence electrons. The Bertz CT molecular complexity index is 305. The van der Waals surface area contributed by atoms with Crippen LogP contribution in [-0.4, -0.2) is 41.2 Å². The lowest BCUT2D eigenvalue weighted by molar-refractivity contribution is 0.0282. The Morgan fingerprint density at radius 3 is 2.45 bits per heavy atom. The van der Waals surface area contributed by atoms with Crippen LogP contribution >= 0.6 is 12.2 Å². The van der Waals surface area contributed by atoms with Crippen LogP contribution in [0.4, 0.5) is 0 Å². The average Bonchev–Trinajstić information content (AvgIpc) is 2.37. The van der Waals surface area contributed by atoms with Crippen LogP contribution in [0.1, 0.15) is 59.3 Å². The van der Waals surface area contributed by atoms with E-state index in [1.807, 2.05) is 0 Å². The van der Waals surface area contributed by atoms with E-state index < -0.39 is 0 Å². The lowest BCUT2D eigenvalue weighted by Gasteiger charge is -2.49. The Morgan fingerprint density at radius 1 is 1.25 bits per heavy atom. The molecular weight excluding hydrogens is 266 g/mol. The van der Waals surface area contributed by atoms with Crippen LogP contribution < -0.4 is 10.6 Å². The van der Waals surface area contributed by atoms with Crippen molar-refractivity contribution in [1.29, 1.82) is 0 Å². The molecule has 2 fully saturated rings. The maximum Gasteiger partial charge on any atom is 0.166 e. The highest BCUT2D eigenvalue weighted by Crippen LogP contribution is 2.34. The molecule has 2 saturated heterocycles. The van der Waals surface area contributed by atoms with Crippen molar-refractivity contribution in [2.45, 2.75) is 77.4 Å². The van der Waals surface area contributed by atoms with E-state index in [0.717, 1.165) is 23.7 Å². The van der Waals surface area contributed by atoms with Gasteiger partial charge in [0, 0.05) is 24.7 Å². The fourth-order valence-electron chi connectivity index (χ4n) is 3.75. The summed E-state index contributed by atoms with van der Waals surface area (Å²) in [5.74, 6) is 0.639. The summed E-state index contributed by atoms with van der Waals surface area (Å²) in [6, 6.07) is 2.14. The Balaban J connectivity index is 1.82. The van der Waals surface area contributed by atoms with Gasteiger partial charge in [0.1, 0.15) is 0 Å². The molecule has 2 rings (SSSR count). The molecule has 20 heavy (non-hydrogen) atoms. The fourth-order valence-corrected chi connectivity index (χ4v) is 4.00. The Hall–Kier alpha value is -0.350. The van der Waals surface area contributed by atoms with E-state index in [0.29, 0.717) is 12.0 Å². The van der Waals surface area contributed by atoms with E-state index in [1.54, 1.807) is 0 Å². The molecule has 4 heteroatoms. The SMILES string of the molecule is CCCN1[C@H]2CCC[C@H]1CC(NC(=S)NCC(C)C)C2. The number of piperidine rings is 2. The summed E-state index contributed by atoms with van der Waals surface area (Å²) in [6.45, 7) is 8.96. The molecule has 3 nitrogen and oxygen atoms in total. The van der Waals surface area contributed by atoms with Crippen LogP contribution in [0.2, 0.25) is 0 Å². The normalized spacial score (nSPS) is 30.3. The number of nitrogens with one attached hydrogen (secondary N) is 2. The number of thiocarbonyl (C=S) groups is 1. The molecule has 2 N–H and O–H groups in total. The summed E-state index contributed by atoms with van der Waals surface area (Å²) < 4.78 is 0. The molecule has 0 saturated carbocycles. The molecule has 2 aliphatic rings. The predicted molar refractivity (Wildman–Crippen MR) is 90.0 cm³/mol. The van der Waals surface area contributed by atoms with Crippen molar-refractivity contribution in [2.75, 3.05) is 13.1 Å². The zero-order chi connectivity index (χ0) is 14.5. The zero-order valence-corrected chi connectivity index (χ0v) is 14.1. The van der Waals surface area contributed by atoms with Crippen molar-refractivity contribution in [3.8, 4) is 0 Å². The highest BCUT2D eigenvalue weighted by Gasteiger charge is 2.37. The fraction of sp³-hybridized carbons (Fsp3) is 0.938. The van der Waals surface area contributed by atoms with Gasteiger partial charge < -0.3 is 10.6 Å². The number of nitrogens with zero attached hydrogens (tertiary/aromatic N) is 1. The minimum atomic E-state index is 0.575. The third-order valence-electron chi connectivity index (χ3n) is 4.61. The lowest BCUT2D eigenvalue weighted by Crippen LogP contribution is -2.58. The molecule has 0 amide bonds. The second kappa shape index (κ2) is 7.60. The molecule has 2 bridgehead atoms. The van der Waals surface area contributed by atoms with Crippen LogP contribution in [0.25, 0.3) is 0 Å². The molecule has 0 aliphatic carbocycles. The zero-order valence-electron chi connectivity index (χ0n) is 13.3. The van der Waals surface area contributed by atoms with E-state index in [-0.39, 0.29) is 0 Å². The van der Waals surface area contributed by atoms with Crippen molar-refractivity contribution in [2.24, 2.45) is 5.92 Å². The first kappa shape index (κ1) is 16.0. The minimum absolute atomic E-state index is 0.575. The van der Waals surface area contributed by atoms with Crippen LogP contribution in [0, 0.1) is 5.92 Å². The second-order valence-corrected chi connectivity index (χ2v) is 7.30. The molecule has 0 aromatic heterocycles. The van der Waals surface area contributed by atoms with Gasteiger partial charge in [-0.25, -0.2) is 0 Å². The molecule has 0 aromatic carbocycles. The minimum Gasteiger partial charge on any atom is -0.362 e. The van der Waals surface area contributed by atoms with Crippen LogP contribution in [0.15, 0.2) is 0 Å². The van der Waals surface area contributed by atoms with Gasteiger partial charge in [0.05, 0.1) is 0 Å². The third kappa shape index (κ3) is 4.32. The summed E-state index contributed by atoms with van der Waals surface area (Å²) in [7, 11) is 0. The summed E-state index contributed by atoms with van der Waals surface area (Å²) >= 11 is 5.43. The number of rotatable bonds is 5. The van der Waals surface area contributed by atoms with Crippen LogP contribution in [-0.2, 0) is 0 Å². The summed E-state index contributed by atoms with van der Waals surface area (Å²) in [5, 5.41) is 7.75. The van der Waals surface area contributed by atoms with E-state index >= 15 is 0 Å². The third-order valence-corrected chi connectivity index (χ3v) is 4.88. The molecule has 0 unspecified atom stereocenters. The van der Waals surface area contributed by atoms with Gasteiger partial charge in [-0.05, 0) is 56.8 Å². The van der Waals surface area contributed by atoms with Crippen LogP contribution in [0.5, 0.6) is 0 Å². The monoisotopic (exact) mass is 297 g/mol. The van der Waals surface area contributed by atoms with Crippen molar-refractivity contribution in [3.63, 3.8) is 0 Å². The summed E-state index contributed by atoms with van der Waals surface area (Å²) in [4.78, 5) is 2.77. The smallest absolute Gasteiger partial charge is 0.166 e.